The molecule has 32 heavy (non-hydrogen) atoms. The smallest absolute Gasteiger partial charge is 0.238 e. The van der Waals surface area contributed by atoms with E-state index < -0.39 is 6.10 Å². The molecule has 0 spiro atoms. The minimum absolute atomic E-state index is 0.0254. The molecule has 5 nitrogen and oxygen atoms in total. The summed E-state index contributed by atoms with van der Waals surface area (Å²) < 4.78 is 0. The van der Waals surface area contributed by atoms with Gasteiger partial charge in [0.05, 0.1) is 18.7 Å². The molecule has 2 unspecified atom stereocenters. The van der Waals surface area contributed by atoms with E-state index in [-0.39, 0.29) is 11.9 Å². The fourth-order valence-corrected chi connectivity index (χ4v) is 4.78. The number of para-hydroxylation sites is 1. The molecule has 3 aromatic rings. The molecule has 1 aliphatic heterocycles. The molecule has 0 bridgehead atoms. The van der Waals surface area contributed by atoms with Gasteiger partial charge in [-0.3, -0.25) is 14.6 Å². The summed E-state index contributed by atoms with van der Waals surface area (Å²) in [5.74, 6) is 0.0254. The molecule has 0 radical (unpaired) electrons. The third kappa shape index (κ3) is 5.01. The first-order valence-corrected chi connectivity index (χ1v) is 11.4. The average molecular weight is 432 g/mol. The first-order chi connectivity index (χ1) is 15.4. The van der Waals surface area contributed by atoms with Crippen LogP contribution in [0.4, 0.5) is 5.69 Å². The highest BCUT2D eigenvalue weighted by Crippen LogP contribution is 2.28. The number of aryl methyl sites for hydroxylation is 2. The SMILES string of the molecule is Cc1cccc(C)c1NC(=O)CN1CCN(C(c2ccc3ccccc3c2)C(C)O)CC1. The predicted molar refractivity (Wildman–Crippen MR) is 131 cm³/mol. The summed E-state index contributed by atoms with van der Waals surface area (Å²) >= 11 is 0. The number of benzene rings is 3. The van der Waals surface area contributed by atoms with Crippen molar-refractivity contribution in [1.29, 1.82) is 0 Å². The van der Waals surface area contributed by atoms with Crippen LogP contribution in [0.5, 0.6) is 0 Å². The van der Waals surface area contributed by atoms with Crippen molar-refractivity contribution in [2.45, 2.75) is 32.9 Å². The second-order valence-corrected chi connectivity index (χ2v) is 8.92. The number of hydrogen-bond donors (Lipinski definition) is 2. The number of amides is 1. The maximum Gasteiger partial charge on any atom is 0.238 e. The standard InChI is InChI=1S/C27H33N3O2/c1-19-7-6-8-20(2)26(19)28-25(32)18-29-13-15-30(16-14-29)27(21(3)31)24-12-11-22-9-4-5-10-23(22)17-24/h4-12,17,21,27,31H,13-16,18H2,1-3H3,(H,28,32). The molecule has 4 rings (SSSR count). The molecule has 3 aromatic carbocycles. The van der Waals surface area contributed by atoms with Crippen molar-refractivity contribution in [3.8, 4) is 0 Å². The summed E-state index contributed by atoms with van der Waals surface area (Å²) in [4.78, 5) is 17.2. The minimum Gasteiger partial charge on any atom is -0.391 e. The summed E-state index contributed by atoms with van der Waals surface area (Å²) in [5, 5.41) is 16.1. The van der Waals surface area contributed by atoms with Gasteiger partial charge in [-0.2, -0.15) is 0 Å². The van der Waals surface area contributed by atoms with Crippen molar-refractivity contribution < 1.29 is 9.90 Å². The van der Waals surface area contributed by atoms with E-state index >= 15 is 0 Å². The summed E-state index contributed by atoms with van der Waals surface area (Å²) in [5.41, 5.74) is 4.22. The van der Waals surface area contributed by atoms with Crippen molar-refractivity contribution in [3.05, 3.63) is 77.4 Å². The van der Waals surface area contributed by atoms with Gasteiger partial charge in [0.15, 0.2) is 0 Å². The van der Waals surface area contributed by atoms with Gasteiger partial charge >= 0.3 is 0 Å². The summed E-state index contributed by atoms with van der Waals surface area (Å²) in [7, 11) is 0. The number of rotatable bonds is 6. The fourth-order valence-electron chi connectivity index (χ4n) is 4.78. The Labute approximate surface area is 190 Å². The van der Waals surface area contributed by atoms with Gasteiger partial charge in [-0.25, -0.2) is 0 Å². The largest absolute Gasteiger partial charge is 0.391 e. The molecule has 0 aliphatic carbocycles. The molecule has 2 N–H and O–H groups in total. The molecule has 5 heteroatoms. The monoisotopic (exact) mass is 431 g/mol. The van der Waals surface area contributed by atoms with E-state index in [1.54, 1.807) is 0 Å². The first kappa shape index (κ1) is 22.5. The molecule has 0 aromatic heterocycles. The molecule has 2 atom stereocenters. The van der Waals surface area contributed by atoms with Gasteiger partial charge < -0.3 is 10.4 Å². The highest BCUT2D eigenvalue weighted by Gasteiger charge is 2.29. The second-order valence-electron chi connectivity index (χ2n) is 8.92. The Morgan fingerprint density at radius 2 is 1.59 bits per heavy atom. The van der Waals surface area contributed by atoms with Gasteiger partial charge in [0.2, 0.25) is 5.91 Å². The van der Waals surface area contributed by atoms with Crippen molar-refractivity contribution in [2.24, 2.45) is 0 Å². The van der Waals surface area contributed by atoms with Gasteiger partial charge in [-0.15, -0.1) is 0 Å². The second kappa shape index (κ2) is 9.82. The van der Waals surface area contributed by atoms with Gasteiger partial charge in [0.1, 0.15) is 0 Å². The van der Waals surface area contributed by atoms with E-state index in [1.807, 2.05) is 51.1 Å². The summed E-state index contributed by atoms with van der Waals surface area (Å²) in [6.07, 6.45) is -0.477. The van der Waals surface area contributed by atoms with E-state index in [9.17, 15) is 9.90 Å². The number of fused-ring (bicyclic) bond motifs is 1. The lowest BCUT2D eigenvalue weighted by molar-refractivity contribution is -0.118. The number of piperazine rings is 1. The van der Waals surface area contributed by atoms with Gasteiger partial charge in [-0.05, 0) is 54.3 Å². The van der Waals surface area contributed by atoms with E-state index in [0.29, 0.717) is 6.54 Å². The Balaban J connectivity index is 1.38. The van der Waals surface area contributed by atoms with Crippen LogP contribution in [0.1, 0.15) is 29.7 Å². The Hall–Kier alpha value is -2.73. The lowest BCUT2D eigenvalue weighted by Gasteiger charge is -2.40. The zero-order valence-corrected chi connectivity index (χ0v) is 19.2. The number of carbonyl (C=O) groups is 1. The van der Waals surface area contributed by atoms with Gasteiger partial charge in [0, 0.05) is 31.9 Å². The lowest BCUT2D eigenvalue weighted by Crippen LogP contribution is -2.51. The zero-order valence-electron chi connectivity index (χ0n) is 19.2. The quantitative estimate of drug-likeness (QED) is 0.616. The highest BCUT2D eigenvalue weighted by atomic mass is 16.3. The fraction of sp³-hybridized carbons (Fsp3) is 0.370. The van der Waals surface area contributed by atoms with Crippen molar-refractivity contribution in [3.63, 3.8) is 0 Å². The number of nitrogens with zero attached hydrogens (tertiary/aromatic N) is 2. The maximum absolute atomic E-state index is 12.6. The van der Waals surface area contributed by atoms with E-state index in [4.69, 9.17) is 0 Å². The summed E-state index contributed by atoms with van der Waals surface area (Å²) in [6, 6.07) is 20.8. The molecular weight excluding hydrogens is 398 g/mol. The molecule has 1 saturated heterocycles. The number of nitrogens with one attached hydrogen (secondary N) is 1. The molecule has 1 heterocycles. The van der Waals surface area contributed by atoms with Crippen LogP contribution < -0.4 is 5.32 Å². The van der Waals surface area contributed by atoms with Crippen LogP contribution in [0.3, 0.4) is 0 Å². The van der Waals surface area contributed by atoms with Crippen molar-refractivity contribution >= 4 is 22.4 Å². The van der Waals surface area contributed by atoms with Crippen LogP contribution in [0.15, 0.2) is 60.7 Å². The van der Waals surface area contributed by atoms with Crippen LogP contribution in [-0.4, -0.2) is 59.6 Å². The third-order valence-corrected chi connectivity index (χ3v) is 6.49. The number of aliphatic hydroxyl groups is 1. The molecule has 0 saturated carbocycles. The lowest BCUT2D eigenvalue weighted by atomic mass is 9.96. The van der Waals surface area contributed by atoms with E-state index in [1.165, 1.54) is 10.8 Å². The van der Waals surface area contributed by atoms with Crippen molar-refractivity contribution in [2.75, 3.05) is 38.0 Å². The predicted octanol–water partition coefficient (Wildman–Crippen LogP) is 4.13. The van der Waals surface area contributed by atoms with Crippen molar-refractivity contribution in [1.82, 2.24) is 9.80 Å². The van der Waals surface area contributed by atoms with Crippen LogP contribution in [-0.2, 0) is 4.79 Å². The number of anilines is 1. The molecule has 1 fully saturated rings. The molecule has 168 valence electrons. The number of aliphatic hydroxyl groups excluding tert-OH is 1. The first-order valence-electron chi connectivity index (χ1n) is 11.4. The zero-order chi connectivity index (χ0) is 22.7. The summed E-state index contributed by atoms with van der Waals surface area (Å²) in [6.45, 7) is 9.53. The molecule has 1 amide bonds. The van der Waals surface area contributed by atoms with E-state index in [2.05, 4.69) is 45.4 Å². The van der Waals surface area contributed by atoms with Gasteiger partial charge in [0.25, 0.3) is 0 Å². The Morgan fingerprint density at radius 3 is 2.25 bits per heavy atom. The maximum atomic E-state index is 12.6. The van der Waals surface area contributed by atoms with Crippen LogP contribution in [0.25, 0.3) is 10.8 Å². The topological polar surface area (TPSA) is 55.8 Å². The third-order valence-electron chi connectivity index (χ3n) is 6.49. The number of carbonyl (C=O) groups excluding carboxylic acids is 1. The molecule has 1 aliphatic rings. The minimum atomic E-state index is -0.477. The average Bonchev–Trinajstić information content (AvgIpc) is 2.77. The Morgan fingerprint density at radius 1 is 0.938 bits per heavy atom. The normalized spacial score (nSPS) is 17.2. The van der Waals surface area contributed by atoms with Crippen LogP contribution >= 0.6 is 0 Å². The Kier molecular flexibility index (Phi) is 6.89. The van der Waals surface area contributed by atoms with Gasteiger partial charge in [-0.1, -0.05) is 54.6 Å². The van der Waals surface area contributed by atoms with Crippen LogP contribution in [0, 0.1) is 13.8 Å². The molecular formula is C27H33N3O2. The van der Waals surface area contributed by atoms with Crippen LogP contribution in [0.2, 0.25) is 0 Å². The Bertz CT molecular complexity index is 1070. The number of hydrogen-bond acceptors (Lipinski definition) is 4. The van der Waals surface area contributed by atoms with E-state index in [0.717, 1.165) is 48.6 Å². The highest BCUT2D eigenvalue weighted by molar-refractivity contribution is 5.93.